The van der Waals surface area contributed by atoms with Crippen LogP contribution < -0.4 is 14.8 Å². The van der Waals surface area contributed by atoms with Crippen LogP contribution in [0.2, 0.25) is 0 Å². The van der Waals surface area contributed by atoms with Crippen LogP contribution in [-0.4, -0.2) is 37.2 Å². The first-order chi connectivity index (χ1) is 9.78. The lowest BCUT2D eigenvalue weighted by molar-refractivity contribution is -0.135. The maximum absolute atomic E-state index is 12.4. The number of halogens is 1. The number of carbonyl (C=O) groups excluding carboxylic acids is 1. The summed E-state index contributed by atoms with van der Waals surface area (Å²) in [7, 11) is 0. The molecule has 2 aliphatic rings. The van der Waals surface area contributed by atoms with E-state index in [2.05, 4.69) is 5.32 Å². The van der Waals surface area contributed by atoms with Crippen LogP contribution in [0.3, 0.4) is 0 Å². The van der Waals surface area contributed by atoms with Crippen molar-refractivity contribution in [3.05, 3.63) is 23.8 Å². The van der Waals surface area contributed by atoms with Gasteiger partial charge in [0, 0.05) is 19.6 Å². The summed E-state index contributed by atoms with van der Waals surface area (Å²) in [6, 6.07) is 5.87. The highest BCUT2D eigenvalue weighted by Crippen LogP contribution is 2.32. The Morgan fingerprint density at radius 1 is 1.38 bits per heavy atom. The number of amides is 1. The zero-order valence-corrected chi connectivity index (χ0v) is 12.9. The topological polar surface area (TPSA) is 50.8 Å². The highest BCUT2D eigenvalue weighted by atomic mass is 35.5. The summed E-state index contributed by atoms with van der Waals surface area (Å²) in [5.74, 6) is 1.93. The van der Waals surface area contributed by atoms with Crippen molar-refractivity contribution >= 4 is 18.3 Å². The summed E-state index contributed by atoms with van der Waals surface area (Å²) in [5.41, 5.74) is 1.08. The van der Waals surface area contributed by atoms with Gasteiger partial charge in [-0.25, -0.2) is 0 Å². The normalized spacial score (nSPS) is 19.2. The summed E-state index contributed by atoms with van der Waals surface area (Å²) >= 11 is 0. The number of rotatable bonds is 4. The Labute approximate surface area is 131 Å². The molecule has 2 heterocycles. The van der Waals surface area contributed by atoms with Crippen molar-refractivity contribution in [1.29, 1.82) is 0 Å². The van der Waals surface area contributed by atoms with E-state index in [0.29, 0.717) is 6.54 Å². The van der Waals surface area contributed by atoms with E-state index in [1.807, 2.05) is 30.0 Å². The molecular formula is C15H21ClN2O3. The predicted molar refractivity (Wildman–Crippen MR) is 81.9 cm³/mol. The van der Waals surface area contributed by atoms with Crippen LogP contribution in [0.25, 0.3) is 0 Å². The molecule has 5 nitrogen and oxygen atoms in total. The molecule has 6 heteroatoms. The third-order valence-corrected chi connectivity index (χ3v) is 3.91. The number of benzene rings is 1. The average Bonchev–Trinajstić information content (AvgIpc) is 3.14. The standard InChI is InChI=1S/C15H20N2O3.ClH/c1-2-17(15(18)12-5-6-16-8-12)9-11-3-4-13-14(7-11)20-10-19-13;/h3-4,7,12,16H,2,5-6,8-10H2,1H3;1H. The van der Waals surface area contributed by atoms with Crippen LogP contribution in [0.4, 0.5) is 0 Å². The molecule has 1 aromatic rings. The molecule has 1 aromatic carbocycles. The minimum absolute atomic E-state index is 0. The molecule has 3 rings (SSSR count). The van der Waals surface area contributed by atoms with E-state index in [1.165, 1.54) is 0 Å². The molecule has 1 N–H and O–H groups in total. The molecule has 1 saturated heterocycles. The van der Waals surface area contributed by atoms with Crippen LogP contribution in [0, 0.1) is 5.92 Å². The Balaban J connectivity index is 0.00000161. The number of carbonyl (C=O) groups is 1. The molecule has 1 unspecified atom stereocenters. The highest BCUT2D eigenvalue weighted by molar-refractivity contribution is 5.85. The second-order valence-corrected chi connectivity index (χ2v) is 5.23. The quantitative estimate of drug-likeness (QED) is 0.921. The molecule has 0 saturated carbocycles. The summed E-state index contributed by atoms with van der Waals surface area (Å²) in [5, 5.41) is 3.25. The molecular weight excluding hydrogens is 292 g/mol. The third kappa shape index (κ3) is 3.41. The molecule has 2 aliphatic heterocycles. The fourth-order valence-corrected chi connectivity index (χ4v) is 2.73. The summed E-state index contributed by atoms with van der Waals surface area (Å²) in [6.07, 6.45) is 0.941. The van der Waals surface area contributed by atoms with E-state index in [9.17, 15) is 4.79 Å². The van der Waals surface area contributed by atoms with Crippen LogP contribution >= 0.6 is 12.4 Å². The van der Waals surface area contributed by atoms with Gasteiger partial charge in [0.25, 0.3) is 0 Å². The van der Waals surface area contributed by atoms with Gasteiger partial charge in [-0.3, -0.25) is 4.79 Å². The molecule has 0 bridgehead atoms. The van der Waals surface area contributed by atoms with Crippen molar-refractivity contribution < 1.29 is 14.3 Å². The molecule has 0 aromatic heterocycles. The van der Waals surface area contributed by atoms with Crippen molar-refractivity contribution in [2.24, 2.45) is 5.92 Å². The molecule has 1 fully saturated rings. The van der Waals surface area contributed by atoms with E-state index in [1.54, 1.807) is 0 Å². The number of fused-ring (bicyclic) bond motifs is 1. The second-order valence-electron chi connectivity index (χ2n) is 5.23. The fourth-order valence-electron chi connectivity index (χ4n) is 2.73. The second kappa shape index (κ2) is 7.00. The number of ether oxygens (including phenoxy) is 2. The van der Waals surface area contributed by atoms with Gasteiger partial charge in [0.15, 0.2) is 11.5 Å². The van der Waals surface area contributed by atoms with Crippen LogP contribution in [-0.2, 0) is 11.3 Å². The molecule has 0 radical (unpaired) electrons. The summed E-state index contributed by atoms with van der Waals surface area (Å²) in [6.45, 7) is 5.40. The van der Waals surface area contributed by atoms with E-state index in [-0.39, 0.29) is 31.0 Å². The first kappa shape index (κ1) is 15.9. The number of nitrogens with one attached hydrogen (secondary N) is 1. The largest absolute Gasteiger partial charge is 0.454 e. The smallest absolute Gasteiger partial charge is 0.231 e. The van der Waals surface area contributed by atoms with Crippen LogP contribution in [0.5, 0.6) is 11.5 Å². The highest BCUT2D eigenvalue weighted by Gasteiger charge is 2.26. The first-order valence-electron chi connectivity index (χ1n) is 7.16. The molecule has 0 spiro atoms. The maximum Gasteiger partial charge on any atom is 0.231 e. The Hall–Kier alpha value is -1.46. The van der Waals surface area contributed by atoms with E-state index < -0.39 is 0 Å². The number of hydrogen-bond donors (Lipinski definition) is 1. The molecule has 1 amide bonds. The van der Waals surface area contributed by atoms with E-state index in [0.717, 1.165) is 43.1 Å². The zero-order chi connectivity index (χ0) is 13.9. The van der Waals surface area contributed by atoms with Crippen LogP contribution in [0.1, 0.15) is 18.9 Å². The molecule has 0 aliphatic carbocycles. The lowest BCUT2D eigenvalue weighted by atomic mass is 10.1. The van der Waals surface area contributed by atoms with Gasteiger partial charge in [0.05, 0.1) is 5.92 Å². The van der Waals surface area contributed by atoms with Gasteiger partial charge in [-0.2, -0.15) is 0 Å². The summed E-state index contributed by atoms with van der Waals surface area (Å²) in [4.78, 5) is 14.4. The van der Waals surface area contributed by atoms with Crippen molar-refractivity contribution in [3.8, 4) is 11.5 Å². The zero-order valence-electron chi connectivity index (χ0n) is 12.1. The Bertz CT molecular complexity index is 504. The average molecular weight is 313 g/mol. The SMILES string of the molecule is CCN(Cc1ccc2c(c1)OCO2)C(=O)C1CCNC1.Cl. The van der Waals surface area contributed by atoms with Crippen molar-refractivity contribution in [3.63, 3.8) is 0 Å². The Morgan fingerprint density at radius 2 is 2.19 bits per heavy atom. The van der Waals surface area contributed by atoms with Crippen LogP contribution in [0.15, 0.2) is 18.2 Å². The monoisotopic (exact) mass is 312 g/mol. The van der Waals surface area contributed by atoms with Gasteiger partial charge in [-0.1, -0.05) is 6.07 Å². The third-order valence-electron chi connectivity index (χ3n) is 3.91. The Morgan fingerprint density at radius 3 is 2.90 bits per heavy atom. The van der Waals surface area contributed by atoms with Crippen molar-refractivity contribution in [2.45, 2.75) is 19.9 Å². The Kier molecular flexibility index (Phi) is 5.31. The van der Waals surface area contributed by atoms with E-state index >= 15 is 0 Å². The van der Waals surface area contributed by atoms with Gasteiger partial charge in [-0.05, 0) is 37.6 Å². The number of nitrogens with zero attached hydrogens (tertiary/aromatic N) is 1. The fraction of sp³-hybridized carbons (Fsp3) is 0.533. The van der Waals surface area contributed by atoms with Gasteiger partial charge >= 0.3 is 0 Å². The summed E-state index contributed by atoms with van der Waals surface area (Å²) < 4.78 is 10.7. The molecule has 1 atom stereocenters. The number of hydrogen-bond acceptors (Lipinski definition) is 4. The lowest BCUT2D eigenvalue weighted by Crippen LogP contribution is -2.36. The molecule has 116 valence electrons. The van der Waals surface area contributed by atoms with E-state index in [4.69, 9.17) is 9.47 Å². The van der Waals surface area contributed by atoms with Gasteiger partial charge < -0.3 is 19.7 Å². The van der Waals surface area contributed by atoms with Gasteiger partial charge in [0.2, 0.25) is 12.7 Å². The lowest BCUT2D eigenvalue weighted by Gasteiger charge is -2.24. The minimum Gasteiger partial charge on any atom is -0.454 e. The van der Waals surface area contributed by atoms with Gasteiger partial charge in [-0.15, -0.1) is 12.4 Å². The van der Waals surface area contributed by atoms with Gasteiger partial charge in [0.1, 0.15) is 0 Å². The predicted octanol–water partition coefficient (Wildman–Crippen LogP) is 1.80. The van der Waals surface area contributed by atoms with Crippen molar-refractivity contribution in [2.75, 3.05) is 26.4 Å². The minimum atomic E-state index is 0. The van der Waals surface area contributed by atoms with Crippen molar-refractivity contribution in [1.82, 2.24) is 10.2 Å². The molecule has 21 heavy (non-hydrogen) atoms. The first-order valence-corrected chi connectivity index (χ1v) is 7.16. The maximum atomic E-state index is 12.4.